The molecule has 0 aliphatic heterocycles. The quantitative estimate of drug-likeness (QED) is 0.677. The van der Waals surface area contributed by atoms with Crippen LogP contribution in [0.1, 0.15) is 40.0 Å². The van der Waals surface area contributed by atoms with Crippen molar-refractivity contribution in [3.8, 4) is 0 Å². The standard InChI is InChI=1S/C10H22ClNO2S/c1-4-8-15(13,14)12-9-10(2,3)6-5-7-11/h12H,4-9H2,1-3H3. The van der Waals surface area contributed by atoms with Crippen LogP contribution in [0.15, 0.2) is 0 Å². The second-order valence-electron chi connectivity index (χ2n) is 4.60. The molecular weight excluding hydrogens is 234 g/mol. The molecule has 0 atom stereocenters. The summed E-state index contributed by atoms with van der Waals surface area (Å²) in [4.78, 5) is 0. The summed E-state index contributed by atoms with van der Waals surface area (Å²) in [5.41, 5.74) is -0.0182. The lowest BCUT2D eigenvalue weighted by Gasteiger charge is -2.24. The van der Waals surface area contributed by atoms with Crippen LogP contribution >= 0.6 is 11.6 Å². The Morgan fingerprint density at radius 3 is 2.40 bits per heavy atom. The van der Waals surface area contributed by atoms with E-state index in [4.69, 9.17) is 11.6 Å². The molecule has 0 aromatic carbocycles. The zero-order valence-electron chi connectivity index (χ0n) is 9.85. The van der Waals surface area contributed by atoms with Gasteiger partial charge in [0.05, 0.1) is 5.75 Å². The van der Waals surface area contributed by atoms with Crippen molar-refractivity contribution in [2.24, 2.45) is 5.41 Å². The maximum Gasteiger partial charge on any atom is 0.211 e. The van der Waals surface area contributed by atoms with Crippen molar-refractivity contribution < 1.29 is 8.42 Å². The van der Waals surface area contributed by atoms with Gasteiger partial charge < -0.3 is 0 Å². The van der Waals surface area contributed by atoms with Gasteiger partial charge in [0.1, 0.15) is 0 Å². The van der Waals surface area contributed by atoms with E-state index in [-0.39, 0.29) is 11.2 Å². The molecule has 92 valence electrons. The monoisotopic (exact) mass is 255 g/mol. The van der Waals surface area contributed by atoms with Gasteiger partial charge in [0, 0.05) is 12.4 Å². The van der Waals surface area contributed by atoms with Gasteiger partial charge in [-0.2, -0.15) is 0 Å². The highest BCUT2D eigenvalue weighted by molar-refractivity contribution is 7.89. The third-order valence-electron chi connectivity index (χ3n) is 2.23. The van der Waals surface area contributed by atoms with Crippen molar-refractivity contribution in [1.82, 2.24) is 4.72 Å². The van der Waals surface area contributed by atoms with Crippen molar-refractivity contribution >= 4 is 21.6 Å². The molecule has 0 heterocycles. The predicted molar refractivity (Wildman–Crippen MR) is 65.8 cm³/mol. The van der Waals surface area contributed by atoms with E-state index in [1.54, 1.807) is 0 Å². The molecule has 0 amide bonds. The van der Waals surface area contributed by atoms with Gasteiger partial charge in [-0.1, -0.05) is 20.8 Å². The van der Waals surface area contributed by atoms with E-state index in [0.717, 1.165) is 12.8 Å². The Hall–Kier alpha value is 0.200. The molecule has 0 aromatic rings. The van der Waals surface area contributed by atoms with E-state index in [9.17, 15) is 8.42 Å². The van der Waals surface area contributed by atoms with E-state index < -0.39 is 10.0 Å². The van der Waals surface area contributed by atoms with Gasteiger partial charge in [-0.3, -0.25) is 0 Å². The SMILES string of the molecule is CCCS(=O)(=O)NCC(C)(C)CCCCl. The van der Waals surface area contributed by atoms with Crippen LogP contribution in [0, 0.1) is 5.41 Å². The lowest BCUT2D eigenvalue weighted by Crippen LogP contribution is -2.35. The Bertz CT molecular complexity index is 263. The Balaban J connectivity index is 4.02. The lowest BCUT2D eigenvalue weighted by molar-refractivity contribution is 0.331. The van der Waals surface area contributed by atoms with Crippen LogP contribution in [0.25, 0.3) is 0 Å². The summed E-state index contributed by atoms with van der Waals surface area (Å²) in [6.07, 6.45) is 2.51. The third kappa shape index (κ3) is 8.05. The summed E-state index contributed by atoms with van der Waals surface area (Å²) < 4.78 is 25.5. The normalized spacial score (nSPS) is 13.1. The van der Waals surface area contributed by atoms with E-state index in [0.29, 0.717) is 18.8 Å². The minimum Gasteiger partial charge on any atom is -0.215 e. The van der Waals surface area contributed by atoms with Gasteiger partial charge in [0.2, 0.25) is 10.0 Å². The van der Waals surface area contributed by atoms with Crippen molar-refractivity contribution in [3.63, 3.8) is 0 Å². The largest absolute Gasteiger partial charge is 0.215 e. The van der Waals surface area contributed by atoms with Crippen LogP contribution < -0.4 is 4.72 Å². The summed E-state index contributed by atoms with van der Waals surface area (Å²) in [5.74, 6) is 0.837. The predicted octanol–water partition coefficient (Wildman–Crippen LogP) is 2.36. The second kappa shape index (κ2) is 6.71. The number of halogens is 1. The van der Waals surface area contributed by atoms with Gasteiger partial charge in [0.25, 0.3) is 0 Å². The Labute approximate surface area is 98.6 Å². The summed E-state index contributed by atoms with van der Waals surface area (Å²) in [6, 6.07) is 0. The van der Waals surface area contributed by atoms with Gasteiger partial charge in [-0.15, -0.1) is 11.6 Å². The van der Waals surface area contributed by atoms with Gasteiger partial charge >= 0.3 is 0 Å². The molecular formula is C10H22ClNO2S. The highest BCUT2D eigenvalue weighted by Gasteiger charge is 2.20. The van der Waals surface area contributed by atoms with Crippen LogP contribution in [0.5, 0.6) is 0 Å². The van der Waals surface area contributed by atoms with Crippen molar-refractivity contribution in [2.75, 3.05) is 18.2 Å². The fourth-order valence-corrected chi connectivity index (χ4v) is 2.71. The number of nitrogens with one attached hydrogen (secondary N) is 1. The Morgan fingerprint density at radius 2 is 1.93 bits per heavy atom. The molecule has 0 aromatic heterocycles. The Kier molecular flexibility index (Phi) is 6.80. The third-order valence-corrected chi connectivity index (χ3v) is 4.03. The molecule has 3 nitrogen and oxygen atoms in total. The first-order chi connectivity index (χ1) is 6.83. The van der Waals surface area contributed by atoms with Crippen molar-refractivity contribution in [3.05, 3.63) is 0 Å². The summed E-state index contributed by atoms with van der Waals surface area (Å²) >= 11 is 5.61. The first kappa shape index (κ1) is 15.2. The summed E-state index contributed by atoms with van der Waals surface area (Å²) in [7, 11) is -3.07. The molecule has 0 saturated heterocycles. The van der Waals surface area contributed by atoms with Crippen LogP contribution in [-0.4, -0.2) is 26.6 Å². The number of hydrogen-bond acceptors (Lipinski definition) is 2. The number of rotatable bonds is 8. The lowest BCUT2D eigenvalue weighted by atomic mass is 9.88. The number of sulfonamides is 1. The first-order valence-electron chi connectivity index (χ1n) is 5.36. The highest BCUT2D eigenvalue weighted by Crippen LogP contribution is 2.21. The fourth-order valence-electron chi connectivity index (χ4n) is 1.28. The van der Waals surface area contributed by atoms with E-state index in [1.807, 2.05) is 20.8 Å². The number of hydrogen-bond donors (Lipinski definition) is 1. The van der Waals surface area contributed by atoms with Crippen LogP contribution in [0.4, 0.5) is 0 Å². The van der Waals surface area contributed by atoms with Crippen LogP contribution in [0.2, 0.25) is 0 Å². The molecule has 0 rings (SSSR count). The molecule has 15 heavy (non-hydrogen) atoms. The second-order valence-corrected chi connectivity index (χ2v) is 6.90. The maximum atomic E-state index is 11.4. The van der Waals surface area contributed by atoms with E-state index in [1.165, 1.54) is 0 Å². The number of alkyl halides is 1. The molecule has 1 N–H and O–H groups in total. The van der Waals surface area contributed by atoms with Crippen LogP contribution in [-0.2, 0) is 10.0 Å². The van der Waals surface area contributed by atoms with Gasteiger partial charge in [-0.25, -0.2) is 13.1 Å². The average Bonchev–Trinajstić information content (AvgIpc) is 2.12. The zero-order chi connectivity index (χ0) is 11.9. The molecule has 0 fully saturated rings. The topological polar surface area (TPSA) is 46.2 Å². The van der Waals surface area contributed by atoms with Crippen LogP contribution in [0.3, 0.4) is 0 Å². The van der Waals surface area contributed by atoms with E-state index >= 15 is 0 Å². The molecule has 0 unspecified atom stereocenters. The van der Waals surface area contributed by atoms with Crippen molar-refractivity contribution in [1.29, 1.82) is 0 Å². The molecule has 0 radical (unpaired) electrons. The van der Waals surface area contributed by atoms with Gasteiger partial charge in [0.15, 0.2) is 0 Å². The summed E-state index contributed by atoms with van der Waals surface area (Å²) in [6.45, 7) is 6.45. The fraction of sp³-hybridized carbons (Fsp3) is 1.00. The molecule has 0 aliphatic rings. The minimum absolute atomic E-state index is 0.0182. The minimum atomic E-state index is -3.07. The zero-order valence-corrected chi connectivity index (χ0v) is 11.4. The van der Waals surface area contributed by atoms with Crippen molar-refractivity contribution in [2.45, 2.75) is 40.0 Å². The molecule has 0 spiro atoms. The maximum absolute atomic E-state index is 11.4. The Morgan fingerprint density at radius 1 is 1.33 bits per heavy atom. The smallest absolute Gasteiger partial charge is 0.211 e. The van der Waals surface area contributed by atoms with Gasteiger partial charge in [-0.05, 0) is 24.7 Å². The molecule has 0 saturated carbocycles. The molecule has 5 heteroatoms. The molecule has 0 aliphatic carbocycles. The average molecular weight is 256 g/mol. The highest BCUT2D eigenvalue weighted by atomic mass is 35.5. The molecule has 0 bridgehead atoms. The van der Waals surface area contributed by atoms with E-state index in [2.05, 4.69) is 4.72 Å². The first-order valence-corrected chi connectivity index (χ1v) is 7.55. The summed E-state index contributed by atoms with van der Waals surface area (Å²) in [5, 5.41) is 0.